The van der Waals surface area contributed by atoms with Crippen LogP contribution in [0, 0.1) is 30.6 Å². The van der Waals surface area contributed by atoms with E-state index < -0.39 is 18.3 Å². The zero-order valence-electron chi connectivity index (χ0n) is 38.5. The molecule has 1 saturated carbocycles. The molecule has 3 aliphatic heterocycles. The monoisotopic (exact) mass is 878 g/mol. The fraction of sp³-hybridized carbons (Fsp3) is 0.735. The molecule has 62 heavy (non-hydrogen) atoms. The van der Waals surface area contributed by atoms with E-state index in [2.05, 4.69) is 70.1 Å². The van der Waals surface area contributed by atoms with E-state index in [1.807, 2.05) is 13.8 Å². The highest BCUT2D eigenvalue weighted by Gasteiger charge is 2.57. The van der Waals surface area contributed by atoms with Gasteiger partial charge in [0.1, 0.15) is 29.4 Å². The predicted molar refractivity (Wildman–Crippen MR) is 236 cm³/mol. The smallest absolute Gasteiger partial charge is 0.306 e. The number of esters is 1. The van der Waals surface area contributed by atoms with Gasteiger partial charge in [0.25, 0.3) is 0 Å². The van der Waals surface area contributed by atoms with Crippen molar-refractivity contribution in [2.45, 2.75) is 172 Å². The number of fused-ring (bicyclic) bond motifs is 8. The SMILES string of the molecule is CC[C@H]1CCC[C@H](O[C@H]2CC[C@H](N(C)C)C(C)O2)[C@@H](C)C(=O)C2=C[C@H]3[C@@H]4C[C@H](O[C@@H]5OC(C)[C@H](OC)C(OC)[C@@H]5OC)C[C@H]4c4nc(-c5ccc(C)cc5)sc4[C@H]3[C@@H]2CC(=O)O1. The summed E-state index contributed by atoms with van der Waals surface area (Å²) in [6, 6.07) is 8.84. The van der Waals surface area contributed by atoms with Crippen LogP contribution in [0.4, 0.5) is 0 Å². The average Bonchev–Trinajstić information content (AvgIpc) is 3.97. The van der Waals surface area contributed by atoms with Crippen molar-refractivity contribution in [2.75, 3.05) is 35.4 Å². The second-order valence-corrected chi connectivity index (χ2v) is 20.2. The summed E-state index contributed by atoms with van der Waals surface area (Å²) in [5, 5.41) is 0.956. The molecule has 0 amide bonds. The lowest BCUT2D eigenvalue weighted by molar-refractivity contribution is -0.314. The molecule has 6 aliphatic rings. The van der Waals surface area contributed by atoms with Gasteiger partial charge in [0.15, 0.2) is 18.4 Å². The highest BCUT2D eigenvalue weighted by atomic mass is 32.1. The number of methoxy groups -OCH3 is 3. The number of ether oxygens (including phenoxy) is 8. The molecule has 2 aromatic rings. The summed E-state index contributed by atoms with van der Waals surface area (Å²) in [6.07, 6.45) is 5.37. The number of rotatable bonds is 10. The van der Waals surface area contributed by atoms with Gasteiger partial charge in [-0.3, -0.25) is 9.59 Å². The second-order valence-electron chi connectivity index (χ2n) is 19.1. The van der Waals surface area contributed by atoms with E-state index in [1.54, 1.807) is 32.7 Å². The van der Waals surface area contributed by atoms with Crippen LogP contribution < -0.4 is 0 Å². The standard InChI is InChI=1S/C49H70N2O10S/c1-11-30-13-12-14-38(61-40-20-19-37(51(6)7)27(4)57-40)26(3)43(53)36-23-33-32-21-31(60-49-46(56-10)45(55-9)44(54-8)28(5)58-49)22-35(32)42-47(41(33)34(36)24-39(52)59-30)62-48(50-42)29-17-15-25(2)16-18-29/h15-18,23,26-28,30-35,37-38,40-41,44-46,49H,11-14,19-22,24H2,1-10H3/t26-,27?,28?,30+,31+,32+,33+,34-,35-,37+,38+,40+,41-,44+,45?,46+,49+/m1/s1. The lowest BCUT2D eigenvalue weighted by Gasteiger charge is -2.44. The van der Waals surface area contributed by atoms with Gasteiger partial charge in [-0.05, 0) is 104 Å². The maximum atomic E-state index is 15.2. The van der Waals surface area contributed by atoms with Gasteiger partial charge in [-0.15, -0.1) is 11.3 Å². The molecular weight excluding hydrogens is 809 g/mol. The molecule has 17 atom stereocenters. The van der Waals surface area contributed by atoms with Gasteiger partial charge < -0.3 is 42.8 Å². The quantitative estimate of drug-likeness (QED) is 0.215. The molecule has 3 aliphatic carbocycles. The summed E-state index contributed by atoms with van der Waals surface area (Å²) < 4.78 is 50.6. The van der Waals surface area contributed by atoms with Crippen molar-refractivity contribution in [3.63, 3.8) is 0 Å². The van der Waals surface area contributed by atoms with Crippen LogP contribution in [-0.4, -0.2) is 125 Å². The normalized spacial score (nSPS) is 40.1. The third kappa shape index (κ3) is 9.01. The van der Waals surface area contributed by atoms with Gasteiger partial charge in [0.2, 0.25) is 0 Å². The number of ketones is 1. The van der Waals surface area contributed by atoms with E-state index in [4.69, 9.17) is 42.9 Å². The Balaban J connectivity index is 1.14. The minimum Gasteiger partial charge on any atom is -0.462 e. The Labute approximate surface area is 372 Å². The van der Waals surface area contributed by atoms with Gasteiger partial charge in [-0.25, -0.2) is 4.98 Å². The zero-order valence-corrected chi connectivity index (χ0v) is 39.3. The van der Waals surface area contributed by atoms with Crippen LogP contribution in [-0.2, 0) is 47.5 Å². The first-order valence-electron chi connectivity index (χ1n) is 23.2. The predicted octanol–water partition coefficient (Wildman–Crippen LogP) is 8.00. The number of Topliss-reactive ketones (excluding diaryl/α,β-unsaturated/α-hetero) is 1. The van der Waals surface area contributed by atoms with Crippen LogP contribution in [0.5, 0.6) is 0 Å². The van der Waals surface area contributed by atoms with Crippen molar-refractivity contribution in [1.82, 2.24) is 9.88 Å². The number of hydrogen-bond acceptors (Lipinski definition) is 13. The summed E-state index contributed by atoms with van der Waals surface area (Å²) in [5.41, 5.74) is 4.05. The van der Waals surface area contributed by atoms with Crippen LogP contribution in [0.15, 0.2) is 35.9 Å². The summed E-state index contributed by atoms with van der Waals surface area (Å²) in [7, 11) is 9.17. The highest BCUT2D eigenvalue weighted by Crippen LogP contribution is 2.63. The highest BCUT2D eigenvalue weighted by molar-refractivity contribution is 7.15. The van der Waals surface area contributed by atoms with Crippen LogP contribution in [0.3, 0.4) is 0 Å². The fourth-order valence-corrected chi connectivity index (χ4v) is 13.3. The van der Waals surface area contributed by atoms with E-state index in [0.29, 0.717) is 12.5 Å². The zero-order chi connectivity index (χ0) is 44.0. The first-order chi connectivity index (χ1) is 29.8. The molecule has 1 aromatic carbocycles. The van der Waals surface area contributed by atoms with Crippen molar-refractivity contribution in [2.24, 2.45) is 23.7 Å². The Morgan fingerprint density at radius 2 is 1.60 bits per heavy atom. The number of hydrogen-bond donors (Lipinski definition) is 0. The summed E-state index contributed by atoms with van der Waals surface area (Å²) in [6.45, 7) is 10.3. The lowest BCUT2D eigenvalue weighted by Crippen LogP contribution is -2.59. The molecule has 12 nitrogen and oxygen atoms in total. The second kappa shape index (κ2) is 19.5. The number of aromatic nitrogens is 1. The first kappa shape index (κ1) is 46.0. The molecule has 0 radical (unpaired) electrons. The molecule has 8 rings (SSSR count). The molecule has 0 bridgehead atoms. The number of nitrogens with zero attached hydrogens (tertiary/aromatic N) is 2. The maximum absolute atomic E-state index is 15.2. The van der Waals surface area contributed by atoms with Crippen molar-refractivity contribution in [3.05, 3.63) is 52.0 Å². The van der Waals surface area contributed by atoms with Crippen molar-refractivity contribution < 1.29 is 47.5 Å². The van der Waals surface area contributed by atoms with Crippen molar-refractivity contribution in [3.8, 4) is 10.6 Å². The Morgan fingerprint density at radius 3 is 2.27 bits per heavy atom. The van der Waals surface area contributed by atoms with Crippen molar-refractivity contribution >= 4 is 23.1 Å². The number of thiazole rings is 1. The molecule has 4 heterocycles. The molecule has 13 heteroatoms. The van der Waals surface area contributed by atoms with E-state index in [1.165, 1.54) is 10.4 Å². The molecule has 0 N–H and O–H groups in total. The first-order valence-corrected chi connectivity index (χ1v) is 24.0. The number of carbonyl (C=O) groups excluding carboxylic acids is 2. The topological polar surface area (TPSA) is 124 Å². The van der Waals surface area contributed by atoms with Crippen LogP contribution in [0.2, 0.25) is 0 Å². The number of carbonyl (C=O) groups is 2. The molecule has 3 unspecified atom stereocenters. The van der Waals surface area contributed by atoms with Gasteiger partial charge >= 0.3 is 5.97 Å². The van der Waals surface area contributed by atoms with E-state index >= 15 is 4.79 Å². The van der Waals surface area contributed by atoms with Gasteiger partial charge in [-0.1, -0.05) is 49.8 Å². The Kier molecular flexibility index (Phi) is 14.4. The Hall–Kier alpha value is -2.59. The van der Waals surface area contributed by atoms with E-state index in [9.17, 15) is 4.79 Å². The largest absolute Gasteiger partial charge is 0.462 e. The molecule has 342 valence electrons. The van der Waals surface area contributed by atoms with Crippen molar-refractivity contribution in [1.29, 1.82) is 0 Å². The Bertz CT molecular complexity index is 1900. The number of cyclic esters (lactones) is 1. The third-order valence-electron chi connectivity index (χ3n) is 15.2. The summed E-state index contributed by atoms with van der Waals surface area (Å²) in [4.78, 5) is 38.2. The van der Waals surface area contributed by atoms with Crippen LogP contribution >= 0.6 is 11.3 Å². The maximum Gasteiger partial charge on any atom is 0.306 e. The van der Waals surface area contributed by atoms with E-state index in [-0.39, 0.29) is 96.8 Å². The van der Waals surface area contributed by atoms with Crippen LogP contribution in [0.1, 0.15) is 113 Å². The van der Waals surface area contributed by atoms with Gasteiger partial charge in [0.05, 0.1) is 36.5 Å². The molecular formula is C49H70N2O10S. The Morgan fingerprint density at radius 1 is 0.855 bits per heavy atom. The van der Waals surface area contributed by atoms with E-state index in [0.717, 1.165) is 66.8 Å². The number of benzene rings is 1. The lowest BCUT2D eigenvalue weighted by atomic mass is 9.67. The minimum atomic E-state index is -0.659. The molecule has 4 fully saturated rings. The molecule has 0 spiro atoms. The fourth-order valence-electron chi connectivity index (χ4n) is 11.9. The summed E-state index contributed by atoms with van der Waals surface area (Å²) >= 11 is 1.72. The van der Waals surface area contributed by atoms with Crippen LogP contribution in [0.25, 0.3) is 10.6 Å². The summed E-state index contributed by atoms with van der Waals surface area (Å²) in [5.74, 6) is -0.843. The van der Waals surface area contributed by atoms with Gasteiger partial charge in [0, 0.05) is 61.5 Å². The number of likely N-dealkylation sites (N-methyl/N-ethyl adjacent to an activating group) is 1. The third-order valence-corrected chi connectivity index (χ3v) is 16.4. The number of aryl methyl sites for hydroxylation is 1. The molecule has 1 aromatic heterocycles. The minimum absolute atomic E-state index is 0.00217. The molecule has 3 saturated heterocycles. The number of allylic oxidation sites excluding steroid dienone is 2. The average molecular weight is 879 g/mol. The van der Waals surface area contributed by atoms with Gasteiger partial charge in [-0.2, -0.15) is 0 Å².